The average Bonchev–Trinajstić information content (AvgIpc) is 2.62. The minimum atomic E-state index is -3.65. The van der Waals surface area contributed by atoms with E-state index in [-0.39, 0.29) is 28.3 Å². The molecule has 150 valence electrons. The lowest BCUT2D eigenvalue weighted by atomic mass is 10.3. The number of nitrogens with zero attached hydrogens (tertiary/aromatic N) is 1. The van der Waals surface area contributed by atoms with Crippen molar-refractivity contribution in [2.24, 2.45) is 0 Å². The zero-order valence-corrected chi connectivity index (χ0v) is 17.1. The number of carbonyl (C=O) groups is 2. The molecule has 3 N–H and O–H groups in total. The summed E-state index contributed by atoms with van der Waals surface area (Å²) in [7, 11) is -3.65. The summed E-state index contributed by atoms with van der Waals surface area (Å²) >= 11 is 6.03. The molecule has 0 spiro atoms. The maximum Gasteiger partial charge on any atom is 0.275 e. The second-order valence-electron chi connectivity index (χ2n) is 6.45. The summed E-state index contributed by atoms with van der Waals surface area (Å²) in [4.78, 5) is 24.9. The molecular formula is C17H26ClN4O4S+. The second-order valence-corrected chi connectivity index (χ2v) is 8.76. The molecule has 0 bridgehead atoms. The van der Waals surface area contributed by atoms with Gasteiger partial charge in [-0.3, -0.25) is 9.59 Å². The van der Waals surface area contributed by atoms with Gasteiger partial charge in [0.1, 0.15) is 10.9 Å². The highest BCUT2D eigenvalue weighted by Gasteiger charge is 2.32. The van der Waals surface area contributed by atoms with Gasteiger partial charge >= 0.3 is 0 Å². The standard InChI is InChI=1S/C17H25ClN4O4S/c1-3-19-17(24)13(2)20-16(23)12-21-8-10-22(11-9-21)27(25,26)15-7-5-4-6-14(15)18/h4-7,13H,3,8-12H2,1-2H3,(H,19,24)(H,20,23)/p+1/t13-/m1/s1. The van der Waals surface area contributed by atoms with Crippen molar-refractivity contribution in [2.45, 2.75) is 24.8 Å². The van der Waals surface area contributed by atoms with Crippen molar-refractivity contribution in [1.82, 2.24) is 14.9 Å². The first-order chi connectivity index (χ1) is 12.8. The number of halogens is 1. The molecule has 1 fully saturated rings. The largest absolute Gasteiger partial charge is 0.355 e. The van der Waals surface area contributed by atoms with Gasteiger partial charge in [0.05, 0.1) is 31.2 Å². The van der Waals surface area contributed by atoms with E-state index in [1.54, 1.807) is 25.1 Å². The number of hydrogen-bond donors (Lipinski definition) is 3. The van der Waals surface area contributed by atoms with Crippen molar-refractivity contribution >= 4 is 33.4 Å². The van der Waals surface area contributed by atoms with Crippen LogP contribution in [-0.2, 0) is 19.6 Å². The fourth-order valence-electron chi connectivity index (χ4n) is 2.93. The molecule has 0 saturated carbocycles. The molecule has 1 atom stereocenters. The Hall–Kier alpha value is -1.68. The summed E-state index contributed by atoms with van der Waals surface area (Å²) in [5.74, 6) is -0.456. The van der Waals surface area contributed by atoms with E-state index >= 15 is 0 Å². The molecule has 1 aliphatic heterocycles. The SMILES string of the molecule is CCNC(=O)[C@@H](C)NC(=O)C[NH+]1CCN(S(=O)(=O)c2ccccc2Cl)CC1. The number of quaternary nitrogens is 1. The highest BCUT2D eigenvalue weighted by molar-refractivity contribution is 7.89. The van der Waals surface area contributed by atoms with E-state index in [0.717, 1.165) is 4.90 Å². The summed E-state index contributed by atoms with van der Waals surface area (Å²) in [6.07, 6.45) is 0. The predicted molar refractivity (Wildman–Crippen MR) is 102 cm³/mol. The Morgan fingerprint density at radius 1 is 1.26 bits per heavy atom. The van der Waals surface area contributed by atoms with Gasteiger partial charge in [-0.1, -0.05) is 23.7 Å². The van der Waals surface area contributed by atoms with Gasteiger partial charge in [-0.25, -0.2) is 8.42 Å². The highest BCUT2D eigenvalue weighted by Crippen LogP contribution is 2.23. The fraction of sp³-hybridized carbons (Fsp3) is 0.529. The third-order valence-corrected chi connectivity index (χ3v) is 6.81. The molecule has 1 saturated heterocycles. The Balaban J connectivity index is 1.87. The first-order valence-electron chi connectivity index (χ1n) is 8.91. The number of rotatable bonds is 7. The van der Waals surface area contributed by atoms with E-state index < -0.39 is 16.1 Å². The number of benzene rings is 1. The Labute approximate surface area is 164 Å². The molecule has 2 rings (SSSR count). The van der Waals surface area contributed by atoms with Crippen molar-refractivity contribution < 1.29 is 22.9 Å². The van der Waals surface area contributed by atoms with Crippen LogP contribution in [0.5, 0.6) is 0 Å². The summed E-state index contributed by atoms with van der Waals surface area (Å²) < 4.78 is 26.9. The Bertz CT molecular complexity index is 779. The van der Waals surface area contributed by atoms with Crippen LogP contribution in [0.2, 0.25) is 5.02 Å². The lowest BCUT2D eigenvalue weighted by Crippen LogP contribution is -3.15. The molecule has 1 aliphatic rings. The van der Waals surface area contributed by atoms with Gasteiger partial charge < -0.3 is 15.5 Å². The van der Waals surface area contributed by atoms with Crippen molar-refractivity contribution in [3.8, 4) is 0 Å². The first-order valence-corrected chi connectivity index (χ1v) is 10.7. The Morgan fingerprint density at radius 3 is 2.48 bits per heavy atom. The minimum Gasteiger partial charge on any atom is -0.355 e. The number of sulfonamides is 1. The molecule has 1 aromatic rings. The van der Waals surface area contributed by atoms with Gasteiger partial charge in [0.25, 0.3) is 5.91 Å². The zero-order chi connectivity index (χ0) is 20.0. The van der Waals surface area contributed by atoms with Crippen LogP contribution in [-0.4, -0.2) is 69.8 Å². The van der Waals surface area contributed by atoms with Gasteiger partial charge in [0.15, 0.2) is 6.54 Å². The van der Waals surface area contributed by atoms with Crippen LogP contribution < -0.4 is 15.5 Å². The summed E-state index contributed by atoms with van der Waals surface area (Å²) in [6, 6.07) is 5.77. The van der Waals surface area contributed by atoms with Crippen LogP contribution in [0.1, 0.15) is 13.8 Å². The molecule has 10 heteroatoms. The minimum absolute atomic E-state index is 0.101. The van der Waals surface area contributed by atoms with Crippen LogP contribution in [0, 0.1) is 0 Å². The molecule has 2 amide bonds. The van der Waals surface area contributed by atoms with Gasteiger partial charge in [0.2, 0.25) is 15.9 Å². The van der Waals surface area contributed by atoms with E-state index in [4.69, 9.17) is 11.6 Å². The van der Waals surface area contributed by atoms with Crippen molar-refractivity contribution in [3.05, 3.63) is 29.3 Å². The lowest BCUT2D eigenvalue weighted by Gasteiger charge is -2.31. The van der Waals surface area contributed by atoms with Gasteiger partial charge in [-0.15, -0.1) is 0 Å². The molecule has 8 nitrogen and oxygen atoms in total. The maximum absolute atomic E-state index is 12.7. The number of carbonyl (C=O) groups excluding carboxylic acids is 2. The summed E-state index contributed by atoms with van der Waals surface area (Å²) in [6.45, 7) is 5.78. The Kier molecular flexibility index (Phi) is 7.60. The average molecular weight is 418 g/mol. The molecule has 0 unspecified atom stereocenters. The van der Waals surface area contributed by atoms with Crippen LogP contribution in [0.4, 0.5) is 0 Å². The number of amides is 2. The van der Waals surface area contributed by atoms with Crippen LogP contribution in [0.15, 0.2) is 29.2 Å². The summed E-state index contributed by atoms with van der Waals surface area (Å²) in [5, 5.41) is 5.52. The van der Waals surface area contributed by atoms with Crippen LogP contribution in [0.25, 0.3) is 0 Å². The lowest BCUT2D eigenvalue weighted by molar-refractivity contribution is -0.895. The number of piperazine rings is 1. The number of nitrogens with one attached hydrogen (secondary N) is 3. The van der Waals surface area contributed by atoms with Gasteiger partial charge in [-0.05, 0) is 26.0 Å². The van der Waals surface area contributed by atoms with Gasteiger partial charge in [0, 0.05) is 6.54 Å². The molecule has 1 heterocycles. The topological polar surface area (TPSA) is 100 Å². The normalized spacial score (nSPS) is 17.3. The zero-order valence-electron chi connectivity index (χ0n) is 15.5. The summed E-state index contributed by atoms with van der Waals surface area (Å²) in [5.41, 5.74) is 0. The monoisotopic (exact) mass is 417 g/mol. The van der Waals surface area contributed by atoms with Crippen LogP contribution in [0.3, 0.4) is 0 Å². The maximum atomic E-state index is 12.7. The molecule has 0 radical (unpaired) electrons. The Morgan fingerprint density at radius 2 is 1.89 bits per heavy atom. The molecule has 1 aromatic carbocycles. The molecule has 0 aromatic heterocycles. The number of likely N-dealkylation sites (N-methyl/N-ethyl adjacent to an activating group) is 1. The van der Waals surface area contributed by atoms with Crippen molar-refractivity contribution in [3.63, 3.8) is 0 Å². The number of hydrogen-bond acceptors (Lipinski definition) is 4. The predicted octanol–water partition coefficient (Wildman–Crippen LogP) is -1.13. The van der Waals surface area contributed by atoms with E-state index in [2.05, 4.69) is 10.6 Å². The molecular weight excluding hydrogens is 392 g/mol. The second kappa shape index (κ2) is 9.50. The van der Waals surface area contributed by atoms with E-state index in [0.29, 0.717) is 32.7 Å². The quantitative estimate of drug-likeness (QED) is 0.522. The third kappa shape index (κ3) is 5.65. The van der Waals surface area contributed by atoms with Gasteiger partial charge in [-0.2, -0.15) is 4.31 Å². The molecule has 0 aliphatic carbocycles. The first kappa shape index (κ1) is 21.6. The third-order valence-electron chi connectivity index (χ3n) is 4.42. The smallest absolute Gasteiger partial charge is 0.275 e. The van der Waals surface area contributed by atoms with E-state index in [1.807, 2.05) is 6.92 Å². The van der Waals surface area contributed by atoms with Crippen molar-refractivity contribution in [1.29, 1.82) is 0 Å². The fourth-order valence-corrected chi connectivity index (χ4v) is 4.86. The molecule has 27 heavy (non-hydrogen) atoms. The van der Waals surface area contributed by atoms with E-state index in [1.165, 1.54) is 10.4 Å². The van der Waals surface area contributed by atoms with Crippen molar-refractivity contribution in [2.75, 3.05) is 39.3 Å². The van der Waals surface area contributed by atoms with E-state index in [9.17, 15) is 18.0 Å². The van der Waals surface area contributed by atoms with Crippen LogP contribution >= 0.6 is 11.6 Å². The highest BCUT2D eigenvalue weighted by atomic mass is 35.5.